The van der Waals surface area contributed by atoms with Crippen LogP contribution in [0.2, 0.25) is 0 Å². The van der Waals surface area contributed by atoms with E-state index in [9.17, 15) is 14.4 Å². The zero-order valence-electron chi connectivity index (χ0n) is 23.4. The third-order valence-electron chi connectivity index (χ3n) is 6.60. The molecule has 1 amide bonds. The smallest absolute Gasteiger partial charge is 0.410 e. The second kappa shape index (κ2) is 11.8. The van der Waals surface area contributed by atoms with Crippen LogP contribution >= 0.6 is 0 Å². The number of Topliss-reactive ketones (excluding diaryl/α,β-unsaturated/α-hetero) is 1. The van der Waals surface area contributed by atoms with Gasteiger partial charge in [-0.2, -0.15) is 0 Å². The first-order valence-corrected chi connectivity index (χ1v) is 13.3. The summed E-state index contributed by atoms with van der Waals surface area (Å²) in [7, 11) is 0. The van der Waals surface area contributed by atoms with Gasteiger partial charge in [0.1, 0.15) is 23.0 Å². The molecular formula is C29H43NO7. The number of rotatable bonds is 7. The minimum Gasteiger partial charge on any atom is -0.482 e. The predicted octanol–water partition coefficient (Wildman–Crippen LogP) is 5.34. The minimum absolute atomic E-state index is 0.0197. The van der Waals surface area contributed by atoms with Crippen molar-refractivity contribution in [1.82, 2.24) is 4.90 Å². The fourth-order valence-corrected chi connectivity index (χ4v) is 5.00. The lowest BCUT2D eigenvalue weighted by atomic mass is 9.80. The van der Waals surface area contributed by atoms with Crippen molar-refractivity contribution < 1.29 is 33.3 Å². The molecule has 0 spiro atoms. The number of esters is 1. The molecule has 1 atom stereocenters. The molecule has 0 radical (unpaired) electrons. The van der Waals surface area contributed by atoms with Gasteiger partial charge in [0, 0.05) is 18.5 Å². The molecule has 0 N–H and O–H groups in total. The molecule has 1 aliphatic carbocycles. The van der Waals surface area contributed by atoms with Gasteiger partial charge in [0.05, 0.1) is 12.7 Å². The molecule has 206 valence electrons. The number of benzene rings is 1. The Hall–Kier alpha value is -2.61. The Kier molecular flexibility index (Phi) is 9.27. The van der Waals surface area contributed by atoms with E-state index >= 15 is 0 Å². The molecule has 1 aromatic rings. The number of amides is 1. The molecular weight excluding hydrogens is 474 g/mol. The van der Waals surface area contributed by atoms with E-state index in [4.69, 9.17) is 18.9 Å². The van der Waals surface area contributed by atoms with E-state index in [1.807, 2.05) is 53.7 Å². The lowest BCUT2D eigenvalue weighted by Crippen LogP contribution is -2.44. The van der Waals surface area contributed by atoms with Gasteiger partial charge in [-0.15, -0.1) is 0 Å². The molecule has 8 nitrogen and oxygen atoms in total. The Labute approximate surface area is 221 Å². The van der Waals surface area contributed by atoms with Crippen LogP contribution in [0.1, 0.15) is 90.7 Å². The van der Waals surface area contributed by atoms with Gasteiger partial charge >= 0.3 is 12.1 Å². The van der Waals surface area contributed by atoms with Crippen LogP contribution < -0.4 is 4.74 Å². The molecule has 8 heteroatoms. The van der Waals surface area contributed by atoms with Crippen molar-refractivity contribution in [3.63, 3.8) is 0 Å². The van der Waals surface area contributed by atoms with Crippen LogP contribution in [0, 0.1) is 6.92 Å². The lowest BCUT2D eigenvalue weighted by Gasteiger charge is -2.32. The van der Waals surface area contributed by atoms with Crippen LogP contribution in [0.15, 0.2) is 18.2 Å². The molecule has 0 bridgehead atoms. The number of likely N-dealkylation sites (tertiary alicyclic amines) is 1. The molecule has 1 aliphatic heterocycles. The number of ketones is 1. The maximum absolute atomic E-state index is 12.6. The monoisotopic (exact) mass is 517 g/mol. The van der Waals surface area contributed by atoms with E-state index in [0.29, 0.717) is 18.9 Å². The maximum Gasteiger partial charge on any atom is 0.410 e. The van der Waals surface area contributed by atoms with E-state index in [1.54, 1.807) is 0 Å². The van der Waals surface area contributed by atoms with E-state index in [-0.39, 0.29) is 31.1 Å². The summed E-state index contributed by atoms with van der Waals surface area (Å²) < 4.78 is 22.9. The molecule has 1 unspecified atom stereocenters. The second-order valence-corrected chi connectivity index (χ2v) is 12.1. The van der Waals surface area contributed by atoms with Crippen molar-refractivity contribution in [2.45, 2.75) is 110 Å². The normalized spacial score (nSPS) is 22.6. The summed E-state index contributed by atoms with van der Waals surface area (Å²) in [5.41, 5.74) is 1.10. The molecule has 1 heterocycles. The van der Waals surface area contributed by atoms with Crippen LogP contribution in [0.3, 0.4) is 0 Å². The minimum atomic E-state index is -0.614. The van der Waals surface area contributed by atoms with E-state index in [2.05, 4.69) is 13.0 Å². The third kappa shape index (κ3) is 8.45. The van der Waals surface area contributed by atoms with E-state index in [1.165, 1.54) is 4.90 Å². The van der Waals surface area contributed by atoms with Gasteiger partial charge in [-0.05, 0) is 91.7 Å². The number of hydrogen-bond donors (Lipinski definition) is 0. The van der Waals surface area contributed by atoms with Crippen molar-refractivity contribution in [3.8, 4) is 5.75 Å². The van der Waals surface area contributed by atoms with Gasteiger partial charge in [0.2, 0.25) is 0 Å². The highest BCUT2D eigenvalue weighted by molar-refractivity contribution is 5.90. The third-order valence-corrected chi connectivity index (χ3v) is 6.60. The first-order chi connectivity index (χ1) is 17.2. The van der Waals surface area contributed by atoms with Crippen LogP contribution in [-0.4, -0.2) is 65.9 Å². The summed E-state index contributed by atoms with van der Waals surface area (Å²) in [6, 6.07) is 5.32. The number of carbonyl (C=O) groups excluding carboxylic acids is 3. The van der Waals surface area contributed by atoms with Gasteiger partial charge in [0.25, 0.3) is 0 Å². The Morgan fingerprint density at radius 2 is 1.62 bits per heavy atom. The Bertz CT molecular complexity index is 967. The molecule has 2 fully saturated rings. The van der Waals surface area contributed by atoms with Crippen molar-refractivity contribution in [2.24, 2.45) is 0 Å². The summed E-state index contributed by atoms with van der Waals surface area (Å²) >= 11 is 0. The fourth-order valence-electron chi connectivity index (χ4n) is 5.00. The topological polar surface area (TPSA) is 91.4 Å². The summed E-state index contributed by atoms with van der Waals surface area (Å²) in [4.78, 5) is 38.7. The maximum atomic E-state index is 12.6. The standard InChI is InChI=1S/C29H43NO7/c1-19-9-8-10-24(35-18-25(32)36-28(2,3)4)26(19)20-11-13-21(14-12-20)34-17-22-23(31)15-16-30(22)27(33)37-29(5,6)7/h8-10,20-22H,11-18H2,1-7H3. The summed E-state index contributed by atoms with van der Waals surface area (Å²) in [5.74, 6) is 0.644. The second-order valence-electron chi connectivity index (χ2n) is 12.1. The van der Waals surface area contributed by atoms with Crippen LogP contribution in [-0.2, 0) is 23.8 Å². The number of ether oxygens (including phenoxy) is 4. The first kappa shape index (κ1) is 29.0. The van der Waals surface area contributed by atoms with Crippen molar-refractivity contribution in [3.05, 3.63) is 29.3 Å². The number of nitrogens with zero attached hydrogens (tertiary/aromatic N) is 1. The van der Waals surface area contributed by atoms with Crippen molar-refractivity contribution >= 4 is 17.8 Å². The molecule has 1 saturated carbocycles. The molecule has 1 saturated heterocycles. The predicted molar refractivity (Wildman–Crippen MR) is 140 cm³/mol. The van der Waals surface area contributed by atoms with Crippen LogP contribution in [0.25, 0.3) is 0 Å². The SMILES string of the molecule is Cc1cccc(OCC(=O)OC(C)(C)C)c1C1CCC(OCC2C(=O)CCN2C(=O)OC(C)(C)C)CC1. The summed E-state index contributed by atoms with van der Waals surface area (Å²) in [5, 5.41) is 0. The fraction of sp³-hybridized carbons (Fsp3) is 0.690. The van der Waals surface area contributed by atoms with Gasteiger partial charge in [-0.3, -0.25) is 9.69 Å². The number of aryl methyl sites for hydroxylation is 1. The van der Waals surface area contributed by atoms with Crippen LogP contribution in [0.4, 0.5) is 4.79 Å². The number of hydrogen-bond acceptors (Lipinski definition) is 7. The largest absolute Gasteiger partial charge is 0.482 e. The van der Waals surface area contributed by atoms with E-state index < -0.39 is 23.3 Å². The van der Waals surface area contributed by atoms with Gasteiger partial charge in [0.15, 0.2) is 12.4 Å². The molecule has 3 rings (SSSR count). The lowest BCUT2D eigenvalue weighted by molar-refractivity contribution is -0.157. The van der Waals surface area contributed by atoms with Crippen molar-refractivity contribution in [2.75, 3.05) is 19.8 Å². The first-order valence-electron chi connectivity index (χ1n) is 13.3. The Morgan fingerprint density at radius 3 is 2.24 bits per heavy atom. The highest BCUT2D eigenvalue weighted by Crippen LogP contribution is 2.40. The highest BCUT2D eigenvalue weighted by atomic mass is 16.6. The zero-order valence-corrected chi connectivity index (χ0v) is 23.4. The Balaban J connectivity index is 1.55. The average molecular weight is 518 g/mol. The number of carbonyl (C=O) groups is 3. The molecule has 1 aromatic carbocycles. The van der Waals surface area contributed by atoms with Gasteiger partial charge < -0.3 is 18.9 Å². The van der Waals surface area contributed by atoms with Crippen molar-refractivity contribution in [1.29, 1.82) is 0 Å². The summed E-state index contributed by atoms with van der Waals surface area (Å²) in [6.07, 6.45) is 3.41. The zero-order chi connectivity index (χ0) is 27.4. The van der Waals surface area contributed by atoms with Gasteiger partial charge in [-0.25, -0.2) is 9.59 Å². The van der Waals surface area contributed by atoms with E-state index in [0.717, 1.165) is 42.6 Å². The molecule has 2 aliphatic rings. The molecule has 37 heavy (non-hydrogen) atoms. The highest BCUT2D eigenvalue weighted by Gasteiger charge is 2.39. The molecule has 0 aromatic heterocycles. The Morgan fingerprint density at radius 1 is 0.973 bits per heavy atom. The van der Waals surface area contributed by atoms with Gasteiger partial charge in [-0.1, -0.05) is 12.1 Å². The summed E-state index contributed by atoms with van der Waals surface area (Å²) in [6.45, 7) is 13.4. The quantitative estimate of drug-likeness (QED) is 0.451. The average Bonchev–Trinajstić information content (AvgIpc) is 3.15. The van der Waals surface area contributed by atoms with Crippen LogP contribution in [0.5, 0.6) is 5.75 Å².